The Balaban J connectivity index is 1.74. The summed E-state index contributed by atoms with van der Waals surface area (Å²) in [6.07, 6.45) is 1.21. The first-order valence-corrected chi connectivity index (χ1v) is 7.53. The summed E-state index contributed by atoms with van der Waals surface area (Å²) in [5.74, 6) is 0.0323. The predicted molar refractivity (Wildman–Crippen MR) is 74.9 cm³/mol. The van der Waals surface area contributed by atoms with Crippen molar-refractivity contribution in [3.05, 3.63) is 0 Å². The maximum absolute atomic E-state index is 12.7. The molecule has 0 aromatic heterocycles. The van der Waals surface area contributed by atoms with Crippen molar-refractivity contribution in [2.45, 2.75) is 64.3 Å². The molecule has 1 saturated heterocycles. The topological polar surface area (TPSA) is 84.6 Å². The van der Waals surface area contributed by atoms with Gasteiger partial charge in [-0.25, -0.2) is 0 Å². The third-order valence-electron chi connectivity index (χ3n) is 6.35. The van der Waals surface area contributed by atoms with Crippen LogP contribution in [0.1, 0.15) is 40.5 Å². The monoisotopic (exact) mass is 282 g/mol. The van der Waals surface area contributed by atoms with Gasteiger partial charge in [-0.3, -0.25) is 4.79 Å². The second-order valence-electron chi connectivity index (χ2n) is 7.88. The van der Waals surface area contributed by atoms with Gasteiger partial charge in [0, 0.05) is 29.4 Å². The number of carbonyl (C=O) groups excluding carboxylic acids is 1. The maximum atomic E-state index is 12.7. The van der Waals surface area contributed by atoms with E-state index in [1.54, 1.807) is 0 Å². The number of rotatable bonds is 2. The Morgan fingerprint density at radius 3 is 2.55 bits per heavy atom. The average molecular weight is 282 g/mol. The first-order chi connectivity index (χ1) is 9.13. The zero-order valence-corrected chi connectivity index (χ0v) is 12.8. The molecular formula is C15H26N2O3. The maximum Gasteiger partial charge on any atom is 0.241 e. The average Bonchev–Trinajstić information content (AvgIpc) is 2.85. The summed E-state index contributed by atoms with van der Waals surface area (Å²) >= 11 is 0. The van der Waals surface area contributed by atoms with Crippen molar-refractivity contribution < 1.29 is 14.6 Å². The first-order valence-electron chi connectivity index (χ1n) is 7.53. The summed E-state index contributed by atoms with van der Waals surface area (Å²) < 4.78 is 5.72. The van der Waals surface area contributed by atoms with Crippen molar-refractivity contribution in [1.29, 1.82) is 0 Å². The molecule has 114 valence electrons. The van der Waals surface area contributed by atoms with Crippen molar-refractivity contribution in [1.82, 2.24) is 5.32 Å². The van der Waals surface area contributed by atoms with Crippen LogP contribution in [0.3, 0.4) is 0 Å². The molecule has 2 aliphatic carbocycles. The molecule has 1 aliphatic heterocycles. The molecule has 0 aromatic carbocycles. The van der Waals surface area contributed by atoms with E-state index in [0.717, 1.165) is 6.42 Å². The Bertz CT molecular complexity index is 448. The van der Waals surface area contributed by atoms with Crippen molar-refractivity contribution >= 4 is 5.91 Å². The highest BCUT2D eigenvalue weighted by atomic mass is 16.5. The lowest BCUT2D eigenvalue weighted by Crippen LogP contribution is -2.81. The largest absolute Gasteiger partial charge is 0.392 e. The standard InChI is InChI=1S/C15H26N2O3/c1-13(2)9(7-10(13)18)17-12(19)15(16)8-5-6-20-11(8)14(15,3)4/h8-11,18H,5-7,16H2,1-4H3,(H,17,19). The van der Waals surface area contributed by atoms with Gasteiger partial charge in [0.1, 0.15) is 5.54 Å². The van der Waals surface area contributed by atoms with Crippen molar-refractivity contribution in [3.63, 3.8) is 0 Å². The second kappa shape index (κ2) is 3.96. The SMILES string of the molecule is CC1(C)C(O)CC1NC(=O)C1(N)C2CCOC2C1(C)C. The quantitative estimate of drug-likeness (QED) is 0.684. The molecular weight excluding hydrogens is 256 g/mol. The molecule has 5 unspecified atom stereocenters. The first kappa shape index (κ1) is 14.3. The fourth-order valence-corrected chi connectivity index (χ4v) is 4.27. The normalized spacial score (nSPS) is 47.9. The Morgan fingerprint density at radius 2 is 2.00 bits per heavy atom. The molecule has 0 spiro atoms. The molecule has 1 amide bonds. The highest BCUT2D eigenvalue weighted by molar-refractivity contribution is 5.90. The van der Waals surface area contributed by atoms with Crippen molar-refractivity contribution in [2.24, 2.45) is 22.5 Å². The molecule has 5 atom stereocenters. The summed E-state index contributed by atoms with van der Waals surface area (Å²) in [4.78, 5) is 12.7. The minimum absolute atomic E-state index is 0.00240. The number of ether oxygens (including phenoxy) is 1. The number of amides is 1. The number of hydrogen-bond acceptors (Lipinski definition) is 4. The fraction of sp³-hybridized carbons (Fsp3) is 0.933. The summed E-state index contributed by atoms with van der Waals surface area (Å²) in [5, 5.41) is 12.9. The summed E-state index contributed by atoms with van der Waals surface area (Å²) in [5.41, 5.74) is 5.03. The van der Waals surface area contributed by atoms with Gasteiger partial charge < -0.3 is 20.9 Å². The Hall–Kier alpha value is -0.650. The fourth-order valence-electron chi connectivity index (χ4n) is 4.27. The van der Waals surface area contributed by atoms with Crippen LogP contribution in [0, 0.1) is 16.7 Å². The Morgan fingerprint density at radius 1 is 1.35 bits per heavy atom. The number of nitrogens with one attached hydrogen (secondary N) is 1. The lowest BCUT2D eigenvalue weighted by molar-refractivity contribution is -0.179. The van der Waals surface area contributed by atoms with Gasteiger partial charge in [-0.05, 0) is 12.8 Å². The van der Waals surface area contributed by atoms with Crippen LogP contribution in [0.5, 0.6) is 0 Å². The van der Waals surface area contributed by atoms with E-state index in [1.807, 2.05) is 27.7 Å². The number of carbonyl (C=O) groups is 1. The van der Waals surface area contributed by atoms with Crippen LogP contribution in [0.15, 0.2) is 0 Å². The van der Waals surface area contributed by atoms with Gasteiger partial charge in [-0.2, -0.15) is 0 Å². The zero-order chi connectivity index (χ0) is 14.9. The smallest absolute Gasteiger partial charge is 0.241 e. The summed E-state index contributed by atoms with van der Waals surface area (Å²) in [6.45, 7) is 8.67. The molecule has 3 fully saturated rings. The number of aliphatic hydroxyl groups excluding tert-OH is 1. The molecule has 0 radical (unpaired) electrons. The molecule has 20 heavy (non-hydrogen) atoms. The number of nitrogens with two attached hydrogens (primary N) is 1. The third kappa shape index (κ3) is 1.46. The number of hydrogen-bond donors (Lipinski definition) is 3. The summed E-state index contributed by atoms with van der Waals surface area (Å²) in [7, 11) is 0. The number of fused-ring (bicyclic) bond motifs is 1. The van der Waals surface area contributed by atoms with Gasteiger partial charge in [0.05, 0.1) is 12.2 Å². The van der Waals surface area contributed by atoms with Gasteiger partial charge in [0.25, 0.3) is 0 Å². The van der Waals surface area contributed by atoms with Crippen LogP contribution in [0.2, 0.25) is 0 Å². The van der Waals surface area contributed by atoms with E-state index >= 15 is 0 Å². The van der Waals surface area contributed by atoms with E-state index in [0.29, 0.717) is 13.0 Å². The molecule has 5 heteroatoms. The van der Waals surface area contributed by atoms with Gasteiger partial charge in [0.15, 0.2) is 0 Å². The van der Waals surface area contributed by atoms with Crippen LogP contribution in [0.4, 0.5) is 0 Å². The predicted octanol–water partition coefficient (Wildman–Crippen LogP) is 0.404. The van der Waals surface area contributed by atoms with Crippen LogP contribution in [-0.4, -0.2) is 41.4 Å². The molecule has 3 rings (SSSR count). The lowest BCUT2D eigenvalue weighted by atomic mass is 9.47. The van der Waals surface area contributed by atoms with Crippen LogP contribution < -0.4 is 11.1 Å². The number of aliphatic hydroxyl groups is 1. The van der Waals surface area contributed by atoms with Gasteiger partial charge in [-0.1, -0.05) is 27.7 Å². The van der Waals surface area contributed by atoms with E-state index < -0.39 is 5.54 Å². The van der Waals surface area contributed by atoms with Gasteiger partial charge in [-0.15, -0.1) is 0 Å². The highest BCUT2D eigenvalue weighted by Gasteiger charge is 2.71. The van der Waals surface area contributed by atoms with E-state index in [2.05, 4.69) is 5.32 Å². The zero-order valence-electron chi connectivity index (χ0n) is 12.8. The van der Waals surface area contributed by atoms with Crippen molar-refractivity contribution in [3.8, 4) is 0 Å². The van der Waals surface area contributed by atoms with E-state index in [1.165, 1.54) is 0 Å². The highest BCUT2D eigenvalue weighted by Crippen LogP contribution is 2.58. The van der Waals surface area contributed by atoms with Crippen LogP contribution >= 0.6 is 0 Å². The van der Waals surface area contributed by atoms with E-state index in [4.69, 9.17) is 10.5 Å². The Kier molecular flexibility index (Phi) is 2.83. The lowest BCUT2D eigenvalue weighted by Gasteiger charge is -2.61. The van der Waals surface area contributed by atoms with E-state index in [-0.39, 0.29) is 40.9 Å². The molecule has 0 aromatic rings. The third-order valence-corrected chi connectivity index (χ3v) is 6.35. The molecule has 4 N–H and O–H groups in total. The Labute approximate surface area is 120 Å². The van der Waals surface area contributed by atoms with Gasteiger partial charge >= 0.3 is 0 Å². The second-order valence-corrected chi connectivity index (χ2v) is 7.88. The van der Waals surface area contributed by atoms with Crippen LogP contribution in [-0.2, 0) is 9.53 Å². The van der Waals surface area contributed by atoms with E-state index in [9.17, 15) is 9.90 Å². The van der Waals surface area contributed by atoms with Crippen LogP contribution in [0.25, 0.3) is 0 Å². The minimum Gasteiger partial charge on any atom is -0.392 e. The molecule has 2 saturated carbocycles. The molecule has 5 nitrogen and oxygen atoms in total. The molecule has 0 bridgehead atoms. The van der Waals surface area contributed by atoms with Gasteiger partial charge in [0.2, 0.25) is 5.91 Å². The minimum atomic E-state index is -0.856. The van der Waals surface area contributed by atoms with Crippen molar-refractivity contribution in [2.75, 3.05) is 6.61 Å². The summed E-state index contributed by atoms with van der Waals surface area (Å²) in [6, 6.07) is 0.00240. The molecule has 1 heterocycles. The molecule has 3 aliphatic rings.